The minimum absolute atomic E-state index is 0.515. The van der Waals surface area contributed by atoms with E-state index in [0.29, 0.717) is 17.4 Å². The highest BCUT2D eigenvalue weighted by molar-refractivity contribution is 7.09. The number of ether oxygens (including phenoxy) is 1. The number of hydrogen-bond donors (Lipinski definition) is 1. The monoisotopic (exact) mass is 268 g/mol. The van der Waals surface area contributed by atoms with Crippen LogP contribution in [0.4, 0.5) is 0 Å². The first-order valence-electron chi connectivity index (χ1n) is 5.29. The van der Waals surface area contributed by atoms with Crippen molar-refractivity contribution in [1.29, 1.82) is 0 Å². The smallest absolute Gasteiger partial charge is 0.138 e. The van der Waals surface area contributed by atoms with Gasteiger partial charge in [0.05, 0.1) is 11.1 Å². The lowest BCUT2D eigenvalue weighted by Crippen LogP contribution is -1.96. The number of aliphatic hydroxyl groups is 1. The van der Waals surface area contributed by atoms with Gasteiger partial charge in [0.2, 0.25) is 0 Å². The summed E-state index contributed by atoms with van der Waals surface area (Å²) in [5.74, 6) is 0.643. The standard InChI is InChI=1S/C13H13ClO2S/c1-9(15)10-4-5-13(12(14)7-10)16-8-11-3-2-6-17-11/h2-7,9,15H,8H2,1H3. The number of thiophene rings is 1. The third-order valence-electron chi connectivity index (χ3n) is 2.39. The fraction of sp³-hybridized carbons (Fsp3) is 0.231. The summed E-state index contributed by atoms with van der Waals surface area (Å²) in [6, 6.07) is 9.35. The molecule has 0 amide bonds. The summed E-state index contributed by atoms with van der Waals surface area (Å²) in [5, 5.41) is 12.0. The number of hydrogen-bond acceptors (Lipinski definition) is 3. The maximum atomic E-state index is 9.42. The zero-order valence-electron chi connectivity index (χ0n) is 9.39. The van der Waals surface area contributed by atoms with Crippen molar-refractivity contribution in [3.63, 3.8) is 0 Å². The SMILES string of the molecule is CC(O)c1ccc(OCc2cccs2)c(Cl)c1. The van der Waals surface area contributed by atoms with Crippen LogP contribution in [0.1, 0.15) is 23.5 Å². The van der Waals surface area contributed by atoms with Crippen molar-refractivity contribution in [2.24, 2.45) is 0 Å². The summed E-state index contributed by atoms with van der Waals surface area (Å²) >= 11 is 7.73. The molecule has 0 aliphatic heterocycles. The molecule has 1 unspecified atom stereocenters. The van der Waals surface area contributed by atoms with E-state index < -0.39 is 6.10 Å². The van der Waals surface area contributed by atoms with Crippen LogP contribution in [0.2, 0.25) is 5.02 Å². The van der Waals surface area contributed by atoms with E-state index in [0.717, 1.165) is 10.4 Å². The predicted molar refractivity (Wildman–Crippen MR) is 70.7 cm³/mol. The Hall–Kier alpha value is -1.03. The lowest BCUT2D eigenvalue weighted by molar-refractivity contribution is 0.199. The predicted octanol–water partition coefficient (Wildman–Crippen LogP) is 4.03. The normalized spacial score (nSPS) is 12.4. The van der Waals surface area contributed by atoms with Crippen molar-refractivity contribution in [3.8, 4) is 5.75 Å². The second-order valence-electron chi connectivity index (χ2n) is 3.73. The van der Waals surface area contributed by atoms with Crippen LogP contribution in [0.3, 0.4) is 0 Å². The number of rotatable bonds is 4. The summed E-state index contributed by atoms with van der Waals surface area (Å²) in [7, 11) is 0. The molecule has 0 saturated heterocycles. The topological polar surface area (TPSA) is 29.5 Å². The Kier molecular flexibility index (Phi) is 4.05. The minimum atomic E-state index is -0.515. The highest BCUT2D eigenvalue weighted by atomic mass is 35.5. The molecule has 0 radical (unpaired) electrons. The van der Waals surface area contributed by atoms with Gasteiger partial charge in [-0.3, -0.25) is 0 Å². The zero-order chi connectivity index (χ0) is 12.3. The molecule has 1 heterocycles. The molecule has 0 fully saturated rings. The molecule has 17 heavy (non-hydrogen) atoms. The van der Waals surface area contributed by atoms with Gasteiger partial charge in [-0.15, -0.1) is 11.3 Å². The maximum absolute atomic E-state index is 9.42. The van der Waals surface area contributed by atoms with Crippen LogP contribution in [0.15, 0.2) is 35.7 Å². The van der Waals surface area contributed by atoms with Crippen LogP contribution >= 0.6 is 22.9 Å². The second-order valence-corrected chi connectivity index (χ2v) is 5.17. The van der Waals surface area contributed by atoms with E-state index in [-0.39, 0.29) is 0 Å². The van der Waals surface area contributed by atoms with E-state index in [2.05, 4.69) is 0 Å². The van der Waals surface area contributed by atoms with Gasteiger partial charge in [-0.05, 0) is 36.1 Å². The highest BCUT2D eigenvalue weighted by Crippen LogP contribution is 2.28. The van der Waals surface area contributed by atoms with Crippen LogP contribution < -0.4 is 4.74 Å². The minimum Gasteiger partial charge on any atom is -0.487 e. The molecule has 1 aromatic heterocycles. The average Bonchev–Trinajstić information content (AvgIpc) is 2.80. The summed E-state index contributed by atoms with van der Waals surface area (Å²) in [6.45, 7) is 2.23. The average molecular weight is 269 g/mol. The number of aliphatic hydroxyl groups excluding tert-OH is 1. The molecule has 1 atom stereocenters. The highest BCUT2D eigenvalue weighted by Gasteiger charge is 2.06. The van der Waals surface area contributed by atoms with E-state index in [1.54, 1.807) is 30.4 Å². The Balaban J connectivity index is 2.06. The molecule has 0 spiro atoms. The molecule has 1 N–H and O–H groups in total. The molecule has 0 bridgehead atoms. The van der Waals surface area contributed by atoms with Gasteiger partial charge in [-0.2, -0.15) is 0 Å². The van der Waals surface area contributed by atoms with Gasteiger partial charge in [0, 0.05) is 4.88 Å². The largest absolute Gasteiger partial charge is 0.487 e. The van der Waals surface area contributed by atoms with Gasteiger partial charge in [-0.25, -0.2) is 0 Å². The summed E-state index contributed by atoms with van der Waals surface area (Å²) in [4.78, 5) is 1.15. The van der Waals surface area contributed by atoms with E-state index in [4.69, 9.17) is 16.3 Å². The van der Waals surface area contributed by atoms with Crippen molar-refractivity contribution in [2.75, 3.05) is 0 Å². The molecule has 2 rings (SSSR count). The molecule has 0 aliphatic rings. The molecule has 2 nitrogen and oxygen atoms in total. The Morgan fingerprint density at radius 1 is 1.41 bits per heavy atom. The van der Waals surface area contributed by atoms with E-state index in [9.17, 15) is 5.11 Å². The van der Waals surface area contributed by atoms with Crippen molar-refractivity contribution in [3.05, 3.63) is 51.2 Å². The third-order valence-corrected chi connectivity index (χ3v) is 3.53. The van der Waals surface area contributed by atoms with E-state index >= 15 is 0 Å². The van der Waals surface area contributed by atoms with Gasteiger partial charge in [0.25, 0.3) is 0 Å². The first-order valence-corrected chi connectivity index (χ1v) is 6.55. The Morgan fingerprint density at radius 2 is 2.24 bits per heavy atom. The molecule has 2 aromatic rings. The number of halogens is 1. The number of benzene rings is 1. The van der Waals surface area contributed by atoms with Crippen LogP contribution in [0.25, 0.3) is 0 Å². The van der Waals surface area contributed by atoms with Gasteiger partial charge in [-0.1, -0.05) is 23.7 Å². The third kappa shape index (κ3) is 3.22. The maximum Gasteiger partial charge on any atom is 0.138 e. The van der Waals surface area contributed by atoms with Gasteiger partial charge in [0.1, 0.15) is 12.4 Å². The Labute approximate surface area is 109 Å². The lowest BCUT2D eigenvalue weighted by atomic mass is 10.1. The van der Waals surface area contributed by atoms with Crippen LogP contribution in [-0.4, -0.2) is 5.11 Å². The second kappa shape index (κ2) is 5.54. The molecule has 0 aliphatic carbocycles. The van der Waals surface area contributed by atoms with Gasteiger partial charge >= 0.3 is 0 Å². The van der Waals surface area contributed by atoms with E-state index in [1.165, 1.54) is 0 Å². The van der Waals surface area contributed by atoms with Crippen molar-refractivity contribution >= 4 is 22.9 Å². The Bertz CT molecular complexity index is 480. The fourth-order valence-corrected chi connectivity index (χ4v) is 2.30. The molecular weight excluding hydrogens is 256 g/mol. The first kappa shape index (κ1) is 12.4. The van der Waals surface area contributed by atoms with Crippen molar-refractivity contribution in [2.45, 2.75) is 19.6 Å². The van der Waals surface area contributed by atoms with E-state index in [1.807, 2.05) is 23.6 Å². The molecule has 0 saturated carbocycles. The summed E-state index contributed by atoms with van der Waals surface area (Å²) in [5.41, 5.74) is 0.790. The van der Waals surface area contributed by atoms with Crippen molar-refractivity contribution in [1.82, 2.24) is 0 Å². The van der Waals surface area contributed by atoms with Crippen molar-refractivity contribution < 1.29 is 9.84 Å². The molecule has 4 heteroatoms. The molecule has 1 aromatic carbocycles. The van der Waals surface area contributed by atoms with Crippen LogP contribution in [0, 0.1) is 0 Å². The lowest BCUT2D eigenvalue weighted by Gasteiger charge is -2.10. The Morgan fingerprint density at radius 3 is 2.82 bits per heavy atom. The fourth-order valence-electron chi connectivity index (χ4n) is 1.44. The molecule has 90 valence electrons. The first-order chi connectivity index (χ1) is 8.16. The summed E-state index contributed by atoms with van der Waals surface area (Å²) in [6.07, 6.45) is -0.515. The zero-order valence-corrected chi connectivity index (χ0v) is 11.0. The summed E-state index contributed by atoms with van der Waals surface area (Å²) < 4.78 is 5.61. The van der Waals surface area contributed by atoms with Crippen LogP contribution in [0.5, 0.6) is 5.75 Å². The quantitative estimate of drug-likeness (QED) is 0.907. The van der Waals surface area contributed by atoms with Crippen LogP contribution in [-0.2, 0) is 6.61 Å². The molecular formula is C13H13ClO2S. The van der Waals surface area contributed by atoms with Gasteiger partial charge < -0.3 is 9.84 Å². The van der Waals surface area contributed by atoms with Gasteiger partial charge in [0.15, 0.2) is 0 Å².